The number of amides is 1. The Kier molecular flexibility index (Phi) is 7.04. The molecule has 1 fully saturated rings. The third-order valence-corrected chi connectivity index (χ3v) is 5.29. The number of aryl methyl sites for hydroxylation is 1. The molecule has 1 amide bonds. The van der Waals surface area contributed by atoms with Crippen molar-refractivity contribution in [3.63, 3.8) is 0 Å². The summed E-state index contributed by atoms with van der Waals surface area (Å²) in [6, 6.07) is 7.97. The van der Waals surface area contributed by atoms with Crippen molar-refractivity contribution in [2.75, 3.05) is 26.2 Å². The van der Waals surface area contributed by atoms with Crippen LogP contribution in [0.3, 0.4) is 0 Å². The molecule has 0 saturated carbocycles. The SMILES string of the molecule is CCCCN1CCC(=CCNC(=O)c2nn(CCC)c3ccccc23)CC1. The standard InChI is InChI=1S/C22H32N4O/c1-3-5-15-25-16-11-18(12-17-25)10-13-23-22(27)21-19-8-6-7-9-20(19)26(24-21)14-4-2/h6-10H,3-5,11-17H2,1-2H3,(H,23,27). The van der Waals surface area contributed by atoms with Crippen LogP contribution in [0.1, 0.15) is 56.4 Å². The molecule has 0 bridgehead atoms. The molecule has 1 aromatic heterocycles. The van der Waals surface area contributed by atoms with E-state index in [0.717, 1.165) is 49.8 Å². The van der Waals surface area contributed by atoms with E-state index >= 15 is 0 Å². The lowest BCUT2D eigenvalue weighted by molar-refractivity contribution is 0.0953. The second-order valence-electron chi connectivity index (χ2n) is 7.36. The highest BCUT2D eigenvalue weighted by molar-refractivity contribution is 6.04. The summed E-state index contributed by atoms with van der Waals surface area (Å²) >= 11 is 0. The largest absolute Gasteiger partial charge is 0.347 e. The number of para-hydroxylation sites is 1. The highest BCUT2D eigenvalue weighted by Gasteiger charge is 2.17. The molecule has 27 heavy (non-hydrogen) atoms. The quantitative estimate of drug-likeness (QED) is 0.717. The molecule has 2 aromatic rings. The van der Waals surface area contributed by atoms with Gasteiger partial charge in [-0.3, -0.25) is 9.48 Å². The average molecular weight is 369 g/mol. The van der Waals surface area contributed by atoms with Gasteiger partial charge in [0, 0.05) is 31.6 Å². The number of likely N-dealkylation sites (tertiary alicyclic amines) is 1. The minimum atomic E-state index is -0.0849. The number of nitrogens with one attached hydrogen (secondary N) is 1. The lowest BCUT2D eigenvalue weighted by Gasteiger charge is -2.28. The van der Waals surface area contributed by atoms with E-state index in [-0.39, 0.29) is 5.91 Å². The zero-order valence-corrected chi connectivity index (χ0v) is 16.7. The fourth-order valence-corrected chi connectivity index (χ4v) is 3.70. The van der Waals surface area contributed by atoms with E-state index in [9.17, 15) is 4.79 Å². The Hall–Kier alpha value is -2.14. The molecule has 0 spiro atoms. The Balaban J connectivity index is 1.57. The maximum absolute atomic E-state index is 12.7. The predicted molar refractivity (Wildman–Crippen MR) is 111 cm³/mol. The van der Waals surface area contributed by atoms with Crippen LogP contribution >= 0.6 is 0 Å². The third-order valence-electron chi connectivity index (χ3n) is 5.29. The molecule has 1 aliphatic rings. The molecule has 146 valence electrons. The van der Waals surface area contributed by atoms with Crippen LogP contribution in [-0.4, -0.2) is 46.8 Å². The van der Waals surface area contributed by atoms with E-state index in [0.29, 0.717) is 12.2 Å². The van der Waals surface area contributed by atoms with Gasteiger partial charge in [-0.05, 0) is 38.3 Å². The van der Waals surface area contributed by atoms with Crippen molar-refractivity contribution in [2.45, 2.75) is 52.5 Å². The molecule has 0 atom stereocenters. The highest BCUT2D eigenvalue weighted by Crippen LogP contribution is 2.19. The number of piperidine rings is 1. The number of hydrogen-bond acceptors (Lipinski definition) is 3. The Labute approximate surface area is 162 Å². The minimum Gasteiger partial charge on any atom is -0.347 e. The van der Waals surface area contributed by atoms with Crippen LogP contribution in [0, 0.1) is 0 Å². The van der Waals surface area contributed by atoms with E-state index in [4.69, 9.17) is 0 Å². The monoisotopic (exact) mass is 368 g/mol. The van der Waals surface area contributed by atoms with Crippen molar-refractivity contribution in [1.29, 1.82) is 0 Å². The fourth-order valence-electron chi connectivity index (χ4n) is 3.70. The van der Waals surface area contributed by atoms with Gasteiger partial charge in [0.15, 0.2) is 5.69 Å². The first-order chi connectivity index (χ1) is 13.2. The molecule has 1 aromatic carbocycles. The molecule has 3 rings (SSSR count). The van der Waals surface area contributed by atoms with Gasteiger partial charge in [-0.15, -0.1) is 0 Å². The molecular formula is C22H32N4O. The number of nitrogens with zero attached hydrogens (tertiary/aromatic N) is 3. The van der Waals surface area contributed by atoms with E-state index in [1.54, 1.807) is 0 Å². The van der Waals surface area contributed by atoms with Crippen molar-refractivity contribution in [1.82, 2.24) is 20.0 Å². The Morgan fingerprint density at radius 1 is 1.15 bits per heavy atom. The zero-order chi connectivity index (χ0) is 19.1. The Bertz CT molecular complexity index is 783. The van der Waals surface area contributed by atoms with Gasteiger partial charge in [0.1, 0.15) is 0 Å². The second kappa shape index (κ2) is 9.70. The summed E-state index contributed by atoms with van der Waals surface area (Å²) < 4.78 is 1.94. The number of hydrogen-bond donors (Lipinski definition) is 1. The summed E-state index contributed by atoms with van der Waals surface area (Å²) in [5, 5.41) is 8.53. The normalized spacial score (nSPS) is 15.3. The predicted octanol–water partition coefficient (Wildman–Crippen LogP) is 4.00. The molecule has 1 N–H and O–H groups in total. The zero-order valence-electron chi connectivity index (χ0n) is 16.7. The molecule has 5 nitrogen and oxygen atoms in total. The van der Waals surface area contributed by atoms with Gasteiger partial charge in [0.2, 0.25) is 0 Å². The van der Waals surface area contributed by atoms with Gasteiger partial charge in [0.25, 0.3) is 5.91 Å². The number of benzene rings is 1. The first-order valence-corrected chi connectivity index (χ1v) is 10.4. The van der Waals surface area contributed by atoms with E-state index in [1.165, 1.54) is 25.0 Å². The van der Waals surface area contributed by atoms with Gasteiger partial charge in [-0.25, -0.2) is 0 Å². The van der Waals surface area contributed by atoms with Crippen LogP contribution in [0.5, 0.6) is 0 Å². The Morgan fingerprint density at radius 3 is 2.67 bits per heavy atom. The van der Waals surface area contributed by atoms with Crippen LogP contribution in [0.25, 0.3) is 10.9 Å². The van der Waals surface area contributed by atoms with E-state index in [1.807, 2.05) is 28.9 Å². The number of carbonyl (C=O) groups excluding carboxylic acids is 1. The van der Waals surface area contributed by atoms with Crippen LogP contribution < -0.4 is 5.32 Å². The fraction of sp³-hybridized carbons (Fsp3) is 0.545. The third kappa shape index (κ3) is 4.98. The van der Waals surface area contributed by atoms with Gasteiger partial charge < -0.3 is 10.2 Å². The van der Waals surface area contributed by atoms with Crippen molar-refractivity contribution in [3.05, 3.63) is 41.6 Å². The Morgan fingerprint density at radius 2 is 1.93 bits per heavy atom. The number of unbranched alkanes of at least 4 members (excludes halogenated alkanes) is 1. The molecule has 0 aliphatic carbocycles. The van der Waals surface area contributed by atoms with Gasteiger partial charge in [-0.1, -0.05) is 50.1 Å². The molecular weight excluding hydrogens is 336 g/mol. The topological polar surface area (TPSA) is 50.2 Å². The smallest absolute Gasteiger partial charge is 0.272 e. The minimum absolute atomic E-state index is 0.0849. The molecule has 1 saturated heterocycles. The number of aromatic nitrogens is 2. The number of rotatable bonds is 8. The lowest BCUT2D eigenvalue weighted by atomic mass is 10.0. The summed E-state index contributed by atoms with van der Waals surface area (Å²) in [4.78, 5) is 15.2. The molecule has 2 heterocycles. The van der Waals surface area contributed by atoms with Gasteiger partial charge in [-0.2, -0.15) is 5.10 Å². The summed E-state index contributed by atoms with van der Waals surface area (Å²) in [7, 11) is 0. The van der Waals surface area contributed by atoms with Crippen molar-refractivity contribution >= 4 is 16.8 Å². The van der Waals surface area contributed by atoms with Crippen molar-refractivity contribution < 1.29 is 4.79 Å². The van der Waals surface area contributed by atoms with Crippen LogP contribution in [0.2, 0.25) is 0 Å². The first-order valence-electron chi connectivity index (χ1n) is 10.4. The summed E-state index contributed by atoms with van der Waals surface area (Å²) in [6.07, 6.45) is 7.97. The van der Waals surface area contributed by atoms with Crippen molar-refractivity contribution in [3.8, 4) is 0 Å². The average Bonchev–Trinajstić information content (AvgIpc) is 3.06. The number of carbonyl (C=O) groups is 1. The van der Waals surface area contributed by atoms with Gasteiger partial charge in [0.05, 0.1) is 5.52 Å². The lowest BCUT2D eigenvalue weighted by Crippen LogP contribution is -2.32. The summed E-state index contributed by atoms with van der Waals surface area (Å²) in [5.41, 5.74) is 3.03. The van der Waals surface area contributed by atoms with E-state index in [2.05, 4.69) is 35.2 Å². The maximum atomic E-state index is 12.7. The summed E-state index contributed by atoms with van der Waals surface area (Å²) in [5.74, 6) is -0.0849. The summed E-state index contributed by atoms with van der Waals surface area (Å²) in [6.45, 7) is 9.28. The maximum Gasteiger partial charge on any atom is 0.272 e. The molecule has 1 aliphatic heterocycles. The molecule has 0 unspecified atom stereocenters. The first kappa shape index (κ1) is 19.6. The second-order valence-corrected chi connectivity index (χ2v) is 7.36. The highest BCUT2D eigenvalue weighted by atomic mass is 16.1. The van der Waals surface area contributed by atoms with Crippen LogP contribution in [0.4, 0.5) is 0 Å². The van der Waals surface area contributed by atoms with Crippen LogP contribution in [-0.2, 0) is 6.54 Å². The van der Waals surface area contributed by atoms with Crippen molar-refractivity contribution in [2.24, 2.45) is 0 Å². The molecule has 5 heteroatoms. The van der Waals surface area contributed by atoms with E-state index < -0.39 is 0 Å². The van der Waals surface area contributed by atoms with Crippen LogP contribution in [0.15, 0.2) is 35.9 Å². The molecule has 0 radical (unpaired) electrons. The number of fused-ring (bicyclic) bond motifs is 1. The van der Waals surface area contributed by atoms with Gasteiger partial charge >= 0.3 is 0 Å².